The van der Waals surface area contributed by atoms with Gasteiger partial charge in [-0.05, 0) is 114 Å². The molecule has 3 aromatic rings. The molecule has 0 saturated heterocycles. The largest absolute Gasteiger partial charge is 0.490 e. The zero-order valence-corrected chi connectivity index (χ0v) is 27.2. The van der Waals surface area contributed by atoms with Crippen molar-refractivity contribution in [3.8, 4) is 17.2 Å². The van der Waals surface area contributed by atoms with Gasteiger partial charge in [0.2, 0.25) is 0 Å². The predicted molar refractivity (Wildman–Crippen MR) is 168 cm³/mol. The minimum Gasteiger partial charge on any atom is -0.490 e. The maximum atomic E-state index is 13.8. The molecule has 39 heavy (non-hydrogen) atoms. The van der Waals surface area contributed by atoms with Crippen molar-refractivity contribution < 1.29 is 23.7 Å². The zero-order chi connectivity index (χ0) is 28.3. The van der Waals surface area contributed by atoms with Crippen LogP contribution in [0.1, 0.15) is 44.9 Å². The number of hydrogen-bond donors (Lipinski definition) is 0. The molecule has 206 valence electrons. The van der Waals surface area contributed by atoms with Crippen molar-refractivity contribution in [1.29, 1.82) is 0 Å². The predicted octanol–water partition coefficient (Wildman–Crippen LogP) is 4.81. The summed E-state index contributed by atoms with van der Waals surface area (Å²) in [5, 5.41) is 0. The second kappa shape index (κ2) is 12.9. The van der Waals surface area contributed by atoms with Gasteiger partial charge in [-0.25, -0.2) is 9.79 Å². The second-order valence-corrected chi connectivity index (χ2v) is 12.1. The lowest BCUT2D eigenvalue weighted by atomic mass is 9.97. The minimum atomic E-state index is -0.743. The highest BCUT2D eigenvalue weighted by Crippen LogP contribution is 2.35. The summed E-state index contributed by atoms with van der Waals surface area (Å²) in [6.07, 6.45) is 3.37. The first kappa shape index (κ1) is 29.6. The number of rotatable bonds is 9. The Balaban J connectivity index is 1.87. The van der Waals surface area contributed by atoms with Crippen LogP contribution in [0, 0.1) is 7.14 Å². The van der Waals surface area contributed by atoms with E-state index in [-0.39, 0.29) is 17.2 Å². The summed E-state index contributed by atoms with van der Waals surface area (Å²) in [6.45, 7) is 8.67. The van der Waals surface area contributed by atoms with Crippen molar-refractivity contribution in [2.75, 3.05) is 20.3 Å². The van der Waals surface area contributed by atoms with Crippen LogP contribution >= 0.6 is 56.5 Å². The number of hydrogen-bond acceptors (Lipinski definition) is 8. The monoisotopic (exact) mass is 774 g/mol. The van der Waals surface area contributed by atoms with E-state index in [4.69, 9.17) is 18.9 Å². The SMILES string of the molecule is CCOc1ccc([C@@H]2C(C(=O)OC)=CN=c3s/c(=C/c4cc(I)c(OC(C)C)c(I)c4)c(=O)n32)cc1OCC. The van der Waals surface area contributed by atoms with Gasteiger partial charge in [0.1, 0.15) is 5.75 Å². The fourth-order valence-corrected chi connectivity index (χ4v) is 7.19. The van der Waals surface area contributed by atoms with Gasteiger partial charge in [-0.1, -0.05) is 17.4 Å². The molecule has 0 fully saturated rings. The highest BCUT2D eigenvalue weighted by Gasteiger charge is 2.31. The number of carbonyl (C=O) groups is 1. The average Bonchev–Trinajstić information content (AvgIpc) is 3.21. The van der Waals surface area contributed by atoms with Crippen LogP contribution in [0.15, 0.2) is 51.9 Å². The molecule has 1 atom stereocenters. The average molecular weight is 774 g/mol. The van der Waals surface area contributed by atoms with E-state index in [9.17, 15) is 9.59 Å². The number of benzene rings is 2. The lowest BCUT2D eigenvalue weighted by Crippen LogP contribution is -2.39. The molecule has 0 aliphatic carbocycles. The molecule has 0 unspecified atom stereocenters. The van der Waals surface area contributed by atoms with E-state index in [0.29, 0.717) is 39.6 Å². The third-order valence-corrected chi connectivity index (χ3v) is 8.28. The van der Waals surface area contributed by atoms with Crippen LogP contribution in [0.3, 0.4) is 0 Å². The smallest absolute Gasteiger partial charge is 0.337 e. The number of nitrogens with zero attached hydrogens (tertiary/aromatic N) is 2. The van der Waals surface area contributed by atoms with E-state index in [1.54, 1.807) is 16.7 Å². The molecule has 4 rings (SSSR count). The van der Waals surface area contributed by atoms with Gasteiger partial charge in [0.15, 0.2) is 16.3 Å². The number of halogens is 2. The number of aromatic nitrogens is 1. The molecule has 0 radical (unpaired) electrons. The van der Waals surface area contributed by atoms with Crippen LogP contribution in [0.4, 0.5) is 0 Å². The van der Waals surface area contributed by atoms with Crippen molar-refractivity contribution in [2.45, 2.75) is 39.8 Å². The van der Waals surface area contributed by atoms with Crippen molar-refractivity contribution in [3.05, 3.63) is 80.1 Å². The van der Waals surface area contributed by atoms with E-state index in [0.717, 1.165) is 18.5 Å². The number of esters is 1. The molecular formula is C28H28I2N2O6S. The highest BCUT2D eigenvalue weighted by atomic mass is 127. The highest BCUT2D eigenvalue weighted by molar-refractivity contribution is 14.1. The summed E-state index contributed by atoms with van der Waals surface area (Å²) in [7, 11) is 1.31. The van der Waals surface area contributed by atoms with Gasteiger partial charge in [0.05, 0.1) is 49.7 Å². The van der Waals surface area contributed by atoms with Gasteiger partial charge in [0.25, 0.3) is 5.56 Å². The van der Waals surface area contributed by atoms with Crippen LogP contribution in [-0.2, 0) is 9.53 Å². The Morgan fingerprint density at radius 3 is 2.38 bits per heavy atom. The molecule has 0 saturated carbocycles. The summed E-state index contributed by atoms with van der Waals surface area (Å²) in [4.78, 5) is 31.6. The van der Waals surface area contributed by atoms with Gasteiger partial charge in [-0.3, -0.25) is 9.36 Å². The lowest BCUT2D eigenvalue weighted by Gasteiger charge is -2.23. The molecule has 2 heterocycles. The Kier molecular flexibility index (Phi) is 9.75. The van der Waals surface area contributed by atoms with Crippen LogP contribution in [-0.4, -0.2) is 37.0 Å². The Morgan fingerprint density at radius 2 is 1.77 bits per heavy atom. The van der Waals surface area contributed by atoms with Crippen LogP contribution in [0.25, 0.3) is 6.08 Å². The second-order valence-electron chi connectivity index (χ2n) is 8.73. The number of thiazole rings is 1. The van der Waals surface area contributed by atoms with E-state index in [1.165, 1.54) is 24.6 Å². The van der Waals surface area contributed by atoms with E-state index < -0.39 is 12.0 Å². The van der Waals surface area contributed by atoms with E-state index in [1.807, 2.05) is 52.0 Å². The molecule has 1 aliphatic rings. The maximum Gasteiger partial charge on any atom is 0.337 e. The summed E-state index contributed by atoms with van der Waals surface area (Å²) in [5.41, 5.74) is 1.55. The van der Waals surface area contributed by atoms with Gasteiger partial charge < -0.3 is 18.9 Å². The summed E-state index contributed by atoms with van der Waals surface area (Å²) in [6, 6.07) is 8.65. The molecular weight excluding hydrogens is 746 g/mol. The molecule has 0 amide bonds. The topological polar surface area (TPSA) is 88.4 Å². The van der Waals surface area contributed by atoms with Gasteiger partial charge in [-0.2, -0.15) is 0 Å². The fraction of sp³-hybridized carbons (Fsp3) is 0.321. The van der Waals surface area contributed by atoms with Crippen LogP contribution < -0.4 is 29.1 Å². The van der Waals surface area contributed by atoms with Crippen LogP contribution in [0.2, 0.25) is 0 Å². The Labute approximate surface area is 257 Å². The number of carbonyl (C=O) groups excluding carboxylic acids is 1. The van der Waals surface area contributed by atoms with Gasteiger partial charge in [-0.15, -0.1) is 0 Å². The summed E-state index contributed by atoms with van der Waals surface area (Å²) >= 11 is 5.76. The third kappa shape index (κ3) is 6.35. The molecule has 11 heteroatoms. The lowest BCUT2D eigenvalue weighted by molar-refractivity contribution is -0.136. The molecule has 8 nitrogen and oxygen atoms in total. The first-order chi connectivity index (χ1) is 18.7. The minimum absolute atomic E-state index is 0.0522. The standard InChI is InChI=1S/C28H28I2N2O6S/c1-6-36-21-9-8-17(13-22(21)37-7-2)24-18(27(34)35-5)14-31-28-32(24)26(33)23(39-28)12-16-10-19(29)25(20(30)11-16)38-15(3)4/h8-15,24H,6-7H2,1-5H3/b23-12+/t24-/m1/s1. The summed E-state index contributed by atoms with van der Waals surface area (Å²) in [5.74, 6) is 1.39. The zero-order valence-electron chi connectivity index (χ0n) is 22.1. The fourth-order valence-electron chi connectivity index (χ4n) is 4.15. The summed E-state index contributed by atoms with van der Waals surface area (Å²) < 4.78 is 26.5. The number of fused-ring (bicyclic) bond motifs is 1. The molecule has 0 bridgehead atoms. The molecule has 1 aromatic heterocycles. The maximum absolute atomic E-state index is 13.8. The molecule has 0 spiro atoms. The van der Waals surface area contributed by atoms with Gasteiger partial charge in [0, 0.05) is 6.20 Å². The van der Waals surface area contributed by atoms with Crippen LogP contribution in [0.5, 0.6) is 17.2 Å². The van der Waals surface area contributed by atoms with Crippen molar-refractivity contribution in [1.82, 2.24) is 4.57 Å². The van der Waals surface area contributed by atoms with Crippen molar-refractivity contribution in [3.63, 3.8) is 0 Å². The normalized spacial score (nSPS) is 14.9. The first-order valence-corrected chi connectivity index (χ1v) is 15.3. The van der Waals surface area contributed by atoms with Gasteiger partial charge >= 0.3 is 5.97 Å². The molecule has 0 N–H and O–H groups in total. The number of methoxy groups -OCH3 is 1. The number of ether oxygens (including phenoxy) is 4. The molecule has 1 aliphatic heterocycles. The van der Waals surface area contributed by atoms with Crippen molar-refractivity contribution in [2.24, 2.45) is 4.99 Å². The quantitative estimate of drug-likeness (QED) is 0.229. The van der Waals surface area contributed by atoms with E-state index in [2.05, 4.69) is 50.2 Å². The molecule has 2 aromatic carbocycles. The first-order valence-electron chi connectivity index (χ1n) is 12.3. The van der Waals surface area contributed by atoms with Crippen molar-refractivity contribution >= 4 is 68.6 Å². The third-order valence-electron chi connectivity index (χ3n) is 5.68. The van der Waals surface area contributed by atoms with E-state index >= 15 is 0 Å². The Morgan fingerprint density at radius 1 is 1.10 bits per heavy atom. The Bertz CT molecular complexity index is 1590. The Hall–Kier alpha value is -2.39.